The van der Waals surface area contributed by atoms with E-state index in [1.807, 2.05) is 18.7 Å². The lowest BCUT2D eigenvalue weighted by Crippen LogP contribution is -2.45. The van der Waals surface area contributed by atoms with Crippen molar-refractivity contribution in [1.82, 2.24) is 15.1 Å². The molecule has 6 heteroatoms. The average molecular weight is 364 g/mol. The largest absolute Gasteiger partial charge is 0.352 e. The third-order valence-electron chi connectivity index (χ3n) is 5.37. The summed E-state index contributed by atoms with van der Waals surface area (Å²) in [6, 6.07) is 2.08. The lowest BCUT2D eigenvalue weighted by atomic mass is 10.1. The fourth-order valence-electron chi connectivity index (χ4n) is 3.60. The molecule has 3 rings (SSSR count). The van der Waals surface area contributed by atoms with Crippen LogP contribution in [0.2, 0.25) is 0 Å². The number of carbonyl (C=O) groups excluding carboxylic acids is 2. The fraction of sp³-hybridized carbons (Fsp3) is 0.684. The Kier molecular flexibility index (Phi) is 5.79. The molecule has 1 N–H and O–H groups in total. The van der Waals surface area contributed by atoms with Crippen LogP contribution >= 0.6 is 11.3 Å². The SMILES string of the molecule is CCN(CC)C(=O)[C@@H]1C[C@@H](NC(=O)C2CC2)CN1Cc1sccc1C. The average Bonchev–Trinajstić information content (AvgIpc) is 3.27. The number of likely N-dealkylation sites (N-methyl/N-ethyl adjacent to an activating group) is 1. The summed E-state index contributed by atoms with van der Waals surface area (Å²) in [6.07, 6.45) is 2.75. The molecule has 138 valence electrons. The monoisotopic (exact) mass is 363 g/mol. The van der Waals surface area contributed by atoms with Crippen LogP contribution in [0.25, 0.3) is 0 Å². The predicted molar refractivity (Wildman–Crippen MR) is 100 cm³/mol. The zero-order valence-corrected chi connectivity index (χ0v) is 16.3. The molecule has 25 heavy (non-hydrogen) atoms. The number of nitrogens with one attached hydrogen (secondary N) is 1. The van der Waals surface area contributed by atoms with Crippen molar-refractivity contribution < 1.29 is 9.59 Å². The third kappa shape index (κ3) is 4.23. The van der Waals surface area contributed by atoms with Crippen LogP contribution in [0.15, 0.2) is 11.4 Å². The van der Waals surface area contributed by atoms with Crippen LogP contribution in [0.3, 0.4) is 0 Å². The standard InChI is InChI=1S/C19H29N3O2S/c1-4-21(5-2)19(24)16-10-15(20-18(23)14-6-7-14)11-22(16)12-17-13(3)8-9-25-17/h8-9,14-16H,4-7,10-12H2,1-3H3,(H,20,23)/t15-,16+/m1/s1. The van der Waals surface area contributed by atoms with E-state index in [0.717, 1.165) is 45.4 Å². The molecule has 0 unspecified atom stereocenters. The molecule has 1 aromatic rings. The number of likely N-dealkylation sites (tertiary alicyclic amines) is 1. The molecule has 2 amide bonds. The maximum atomic E-state index is 13.0. The molecule has 1 aliphatic carbocycles. The maximum absolute atomic E-state index is 13.0. The molecular formula is C19H29N3O2S. The predicted octanol–water partition coefficient (Wildman–Crippen LogP) is 2.39. The Labute approximate surface area is 154 Å². The summed E-state index contributed by atoms with van der Waals surface area (Å²) in [5.74, 6) is 0.584. The highest BCUT2D eigenvalue weighted by Crippen LogP contribution is 2.30. The van der Waals surface area contributed by atoms with Crippen molar-refractivity contribution in [2.75, 3.05) is 19.6 Å². The highest BCUT2D eigenvalue weighted by atomic mass is 32.1. The van der Waals surface area contributed by atoms with Crippen LogP contribution in [-0.2, 0) is 16.1 Å². The Bertz CT molecular complexity index is 622. The number of nitrogens with zero attached hydrogens (tertiary/aromatic N) is 2. The summed E-state index contributed by atoms with van der Waals surface area (Å²) in [6.45, 7) is 9.18. The molecule has 0 spiro atoms. The van der Waals surface area contributed by atoms with Crippen LogP contribution in [-0.4, -0.2) is 53.3 Å². The van der Waals surface area contributed by atoms with Gasteiger partial charge in [-0.1, -0.05) is 0 Å². The molecule has 2 heterocycles. The van der Waals surface area contributed by atoms with Crippen molar-refractivity contribution >= 4 is 23.2 Å². The molecule has 1 aromatic heterocycles. The van der Waals surface area contributed by atoms with E-state index < -0.39 is 0 Å². The Morgan fingerprint density at radius 3 is 2.60 bits per heavy atom. The van der Waals surface area contributed by atoms with Gasteiger partial charge in [0.2, 0.25) is 11.8 Å². The summed E-state index contributed by atoms with van der Waals surface area (Å²) in [5.41, 5.74) is 1.28. The van der Waals surface area contributed by atoms with E-state index in [0.29, 0.717) is 0 Å². The van der Waals surface area contributed by atoms with Gasteiger partial charge in [-0.15, -0.1) is 11.3 Å². The molecule has 0 bridgehead atoms. The van der Waals surface area contributed by atoms with Gasteiger partial charge in [0.25, 0.3) is 0 Å². The third-order valence-corrected chi connectivity index (χ3v) is 6.38. The molecule has 0 radical (unpaired) electrons. The summed E-state index contributed by atoms with van der Waals surface area (Å²) in [5, 5.41) is 5.28. The second kappa shape index (κ2) is 7.87. The van der Waals surface area contributed by atoms with Crippen molar-refractivity contribution in [3.63, 3.8) is 0 Å². The first kappa shape index (κ1) is 18.4. The lowest BCUT2D eigenvalue weighted by Gasteiger charge is -2.28. The Balaban J connectivity index is 1.71. The summed E-state index contributed by atoms with van der Waals surface area (Å²) >= 11 is 1.75. The van der Waals surface area contributed by atoms with Crippen LogP contribution in [0.1, 0.15) is 43.6 Å². The minimum Gasteiger partial charge on any atom is -0.352 e. The van der Waals surface area contributed by atoms with Crippen molar-refractivity contribution in [3.05, 3.63) is 21.9 Å². The van der Waals surface area contributed by atoms with Crippen LogP contribution < -0.4 is 5.32 Å². The molecule has 0 aromatic carbocycles. The van der Waals surface area contributed by atoms with Gasteiger partial charge >= 0.3 is 0 Å². The summed E-state index contributed by atoms with van der Waals surface area (Å²) in [7, 11) is 0. The molecule has 1 saturated heterocycles. The highest BCUT2D eigenvalue weighted by molar-refractivity contribution is 7.10. The molecule has 2 atom stereocenters. The lowest BCUT2D eigenvalue weighted by molar-refractivity contribution is -0.135. The van der Waals surface area contributed by atoms with Crippen LogP contribution in [0.5, 0.6) is 0 Å². The van der Waals surface area contributed by atoms with Crippen molar-refractivity contribution in [3.8, 4) is 0 Å². The van der Waals surface area contributed by atoms with Crippen LogP contribution in [0.4, 0.5) is 0 Å². The van der Waals surface area contributed by atoms with Gasteiger partial charge in [0.05, 0.1) is 6.04 Å². The highest BCUT2D eigenvalue weighted by Gasteiger charge is 2.40. The van der Waals surface area contributed by atoms with E-state index in [-0.39, 0.29) is 29.8 Å². The van der Waals surface area contributed by atoms with Crippen molar-refractivity contribution in [1.29, 1.82) is 0 Å². The van der Waals surface area contributed by atoms with Gasteiger partial charge in [0.15, 0.2) is 0 Å². The number of rotatable bonds is 7. The number of carbonyl (C=O) groups is 2. The number of hydrogen-bond donors (Lipinski definition) is 1. The van der Waals surface area contributed by atoms with E-state index in [1.165, 1.54) is 10.4 Å². The molecular weight excluding hydrogens is 334 g/mol. The van der Waals surface area contributed by atoms with E-state index >= 15 is 0 Å². The van der Waals surface area contributed by atoms with Gasteiger partial charge in [-0.05, 0) is 57.0 Å². The van der Waals surface area contributed by atoms with Gasteiger partial charge in [-0.25, -0.2) is 0 Å². The van der Waals surface area contributed by atoms with Gasteiger partial charge in [0.1, 0.15) is 0 Å². The summed E-state index contributed by atoms with van der Waals surface area (Å²) in [4.78, 5) is 30.6. The summed E-state index contributed by atoms with van der Waals surface area (Å²) < 4.78 is 0. The smallest absolute Gasteiger partial charge is 0.240 e. The first-order valence-electron chi connectivity index (χ1n) is 9.39. The van der Waals surface area contributed by atoms with Gasteiger partial charge in [0, 0.05) is 43.0 Å². The minimum atomic E-state index is -0.133. The van der Waals surface area contributed by atoms with Crippen molar-refractivity contribution in [2.45, 2.75) is 58.7 Å². The molecule has 2 fully saturated rings. The van der Waals surface area contributed by atoms with E-state index in [1.54, 1.807) is 11.3 Å². The number of thiophene rings is 1. The quantitative estimate of drug-likeness (QED) is 0.809. The molecule has 2 aliphatic rings. The number of aryl methyl sites for hydroxylation is 1. The Morgan fingerprint density at radius 1 is 1.32 bits per heavy atom. The Morgan fingerprint density at radius 2 is 2.04 bits per heavy atom. The minimum absolute atomic E-state index is 0.0814. The van der Waals surface area contributed by atoms with Crippen LogP contribution in [0, 0.1) is 12.8 Å². The number of amides is 2. The second-order valence-corrected chi connectivity index (χ2v) is 8.20. The zero-order valence-electron chi connectivity index (χ0n) is 15.5. The van der Waals surface area contributed by atoms with E-state index in [9.17, 15) is 9.59 Å². The van der Waals surface area contributed by atoms with Gasteiger partial charge in [-0.3, -0.25) is 14.5 Å². The topological polar surface area (TPSA) is 52.7 Å². The second-order valence-electron chi connectivity index (χ2n) is 7.20. The molecule has 5 nitrogen and oxygen atoms in total. The Hall–Kier alpha value is -1.40. The maximum Gasteiger partial charge on any atom is 0.240 e. The van der Waals surface area contributed by atoms with E-state index in [2.05, 4.69) is 28.6 Å². The van der Waals surface area contributed by atoms with E-state index in [4.69, 9.17) is 0 Å². The zero-order chi connectivity index (χ0) is 18.0. The van der Waals surface area contributed by atoms with Crippen molar-refractivity contribution in [2.24, 2.45) is 5.92 Å². The fourth-order valence-corrected chi connectivity index (χ4v) is 4.53. The first-order chi connectivity index (χ1) is 12.0. The number of hydrogen-bond acceptors (Lipinski definition) is 4. The normalized spacial score (nSPS) is 23.6. The van der Waals surface area contributed by atoms with Gasteiger partial charge in [-0.2, -0.15) is 0 Å². The molecule has 1 aliphatic heterocycles. The van der Waals surface area contributed by atoms with Gasteiger partial charge < -0.3 is 10.2 Å². The first-order valence-corrected chi connectivity index (χ1v) is 10.3. The molecule has 1 saturated carbocycles.